The highest BCUT2D eigenvalue weighted by atomic mass is 19.4. The van der Waals surface area contributed by atoms with E-state index in [4.69, 9.17) is 0 Å². The van der Waals surface area contributed by atoms with E-state index in [1.165, 1.54) is 23.8 Å². The number of Topliss-reactive ketones (excluding diaryl/α,β-unsaturated/α-hetero) is 1. The minimum absolute atomic E-state index is 0.134. The Kier molecular flexibility index (Phi) is 7.71. The second-order valence-electron chi connectivity index (χ2n) is 9.39. The number of hydrogen-bond acceptors (Lipinski definition) is 4. The number of nitrogens with one attached hydrogen (secondary N) is 1. The van der Waals surface area contributed by atoms with Gasteiger partial charge in [0.15, 0.2) is 0 Å². The monoisotopic (exact) mass is 514 g/mol. The molecule has 0 aromatic heterocycles. The van der Waals surface area contributed by atoms with Crippen molar-refractivity contribution < 1.29 is 32.3 Å². The third-order valence-electron chi connectivity index (χ3n) is 7.03. The fraction of sp³-hybridized carbons (Fsp3) is 0.393. The van der Waals surface area contributed by atoms with Crippen LogP contribution in [0.5, 0.6) is 5.75 Å². The SMILES string of the molecule is CCC(=O)CCC(C(C)=C1CCC1)N1Cc2cc(NC(=O)c3ccccc3OC(F)(F)F)ccc2C1=O. The highest BCUT2D eigenvalue weighted by Crippen LogP contribution is 2.36. The van der Waals surface area contributed by atoms with Crippen LogP contribution in [0.25, 0.3) is 0 Å². The Balaban J connectivity index is 1.53. The summed E-state index contributed by atoms with van der Waals surface area (Å²) >= 11 is 0. The molecule has 0 bridgehead atoms. The van der Waals surface area contributed by atoms with Crippen molar-refractivity contribution in [3.63, 3.8) is 0 Å². The zero-order chi connectivity index (χ0) is 26.7. The normalized spacial score (nSPS) is 15.6. The standard InChI is InChI=1S/C28H29F3N2O4/c1-3-21(34)12-14-24(17(2)18-7-6-8-18)33-16-19-15-20(11-13-22(19)27(33)36)32-26(35)23-9-4-5-10-25(23)37-28(29,30)31/h4-5,9-11,13,15,24H,3,6-8,12,14,16H2,1-2H3,(H,32,35). The maximum absolute atomic E-state index is 13.3. The van der Waals surface area contributed by atoms with E-state index in [2.05, 4.69) is 10.1 Å². The van der Waals surface area contributed by atoms with Gasteiger partial charge in [-0.3, -0.25) is 14.4 Å². The van der Waals surface area contributed by atoms with Crippen LogP contribution in [-0.4, -0.2) is 34.9 Å². The first kappa shape index (κ1) is 26.4. The first-order valence-electron chi connectivity index (χ1n) is 12.4. The van der Waals surface area contributed by atoms with Crippen molar-refractivity contribution in [2.45, 2.75) is 71.3 Å². The van der Waals surface area contributed by atoms with Crippen molar-refractivity contribution >= 4 is 23.3 Å². The molecule has 1 unspecified atom stereocenters. The Hall–Kier alpha value is -3.62. The van der Waals surface area contributed by atoms with Gasteiger partial charge in [-0.2, -0.15) is 0 Å². The van der Waals surface area contributed by atoms with Crippen molar-refractivity contribution in [3.05, 3.63) is 70.3 Å². The Morgan fingerprint density at radius 2 is 1.86 bits per heavy atom. The minimum atomic E-state index is -4.93. The molecular formula is C28H29F3N2O4. The third-order valence-corrected chi connectivity index (χ3v) is 7.03. The molecule has 1 fully saturated rings. The van der Waals surface area contributed by atoms with Crippen molar-refractivity contribution in [3.8, 4) is 5.75 Å². The number of halogens is 3. The summed E-state index contributed by atoms with van der Waals surface area (Å²) in [7, 11) is 0. The first-order valence-corrected chi connectivity index (χ1v) is 12.4. The predicted octanol–water partition coefficient (Wildman–Crippen LogP) is 6.42. The second-order valence-corrected chi connectivity index (χ2v) is 9.39. The van der Waals surface area contributed by atoms with Gasteiger partial charge in [0.1, 0.15) is 11.5 Å². The first-order chi connectivity index (χ1) is 17.6. The van der Waals surface area contributed by atoms with Gasteiger partial charge in [-0.15, -0.1) is 13.2 Å². The lowest BCUT2D eigenvalue weighted by Crippen LogP contribution is -2.37. The van der Waals surface area contributed by atoms with E-state index < -0.39 is 18.0 Å². The maximum atomic E-state index is 13.3. The molecule has 37 heavy (non-hydrogen) atoms. The number of rotatable bonds is 9. The zero-order valence-electron chi connectivity index (χ0n) is 20.8. The molecule has 1 aliphatic heterocycles. The molecular weight excluding hydrogens is 485 g/mol. The average Bonchev–Trinajstić information content (AvgIpc) is 3.12. The number of para-hydroxylation sites is 1. The van der Waals surface area contributed by atoms with Gasteiger partial charge in [0, 0.05) is 30.6 Å². The highest BCUT2D eigenvalue weighted by Gasteiger charge is 2.35. The van der Waals surface area contributed by atoms with Gasteiger partial charge in [0.2, 0.25) is 0 Å². The van der Waals surface area contributed by atoms with Crippen molar-refractivity contribution in [1.82, 2.24) is 4.90 Å². The highest BCUT2D eigenvalue weighted by molar-refractivity contribution is 6.07. The molecule has 2 aliphatic rings. The summed E-state index contributed by atoms with van der Waals surface area (Å²) in [4.78, 5) is 39.9. The van der Waals surface area contributed by atoms with E-state index in [0.717, 1.165) is 30.9 Å². The summed E-state index contributed by atoms with van der Waals surface area (Å²) in [5.74, 6) is -1.34. The number of carbonyl (C=O) groups is 3. The number of amides is 2. The Morgan fingerprint density at radius 1 is 1.14 bits per heavy atom. The van der Waals surface area contributed by atoms with E-state index in [-0.39, 0.29) is 23.3 Å². The molecule has 1 heterocycles. The second kappa shape index (κ2) is 10.8. The van der Waals surface area contributed by atoms with Crippen LogP contribution < -0.4 is 10.1 Å². The van der Waals surface area contributed by atoms with Crippen molar-refractivity contribution in [2.24, 2.45) is 0 Å². The maximum Gasteiger partial charge on any atom is 0.573 e. The van der Waals surface area contributed by atoms with E-state index in [1.54, 1.807) is 23.1 Å². The Labute approximate surface area is 213 Å². The molecule has 9 heteroatoms. The van der Waals surface area contributed by atoms with Gasteiger partial charge in [0.05, 0.1) is 11.6 Å². The molecule has 2 aromatic rings. The number of alkyl halides is 3. The lowest BCUT2D eigenvalue weighted by molar-refractivity contribution is -0.274. The molecule has 6 nitrogen and oxygen atoms in total. The number of hydrogen-bond donors (Lipinski definition) is 1. The van der Waals surface area contributed by atoms with Gasteiger partial charge >= 0.3 is 6.36 Å². The topological polar surface area (TPSA) is 75.7 Å². The summed E-state index contributed by atoms with van der Waals surface area (Å²) in [6.07, 6.45) is -0.380. The van der Waals surface area contributed by atoms with Gasteiger partial charge in [-0.05, 0) is 68.5 Å². The van der Waals surface area contributed by atoms with Crippen LogP contribution >= 0.6 is 0 Å². The quantitative estimate of drug-likeness (QED) is 0.392. The van der Waals surface area contributed by atoms with Gasteiger partial charge in [-0.25, -0.2) is 0 Å². The molecule has 1 N–H and O–H groups in total. The van der Waals surface area contributed by atoms with Crippen LogP contribution in [0, 0.1) is 0 Å². The molecule has 1 saturated carbocycles. The summed E-state index contributed by atoms with van der Waals surface area (Å²) < 4.78 is 42.2. The fourth-order valence-electron chi connectivity index (χ4n) is 4.80. The number of benzene rings is 2. The van der Waals surface area contributed by atoms with E-state index in [1.807, 2.05) is 13.8 Å². The van der Waals surface area contributed by atoms with Gasteiger partial charge < -0.3 is 15.0 Å². The van der Waals surface area contributed by atoms with Crippen LogP contribution in [0.2, 0.25) is 0 Å². The van der Waals surface area contributed by atoms with Crippen LogP contribution in [0.4, 0.5) is 18.9 Å². The lowest BCUT2D eigenvalue weighted by Gasteiger charge is -2.32. The van der Waals surface area contributed by atoms with Crippen LogP contribution in [0.3, 0.4) is 0 Å². The number of ketones is 1. The summed E-state index contributed by atoms with van der Waals surface area (Å²) in [5, 5.41) is 2.61. The lowest BCUT2D eigenvalue weighted by atomic mass is 9.84. The molecule has 0 spiro atoms. The minimum Gasteiger partial charge on any atom is -0.405 e. The summed E-state index contributed by atoms with van der Waals surface area (Å²) in [5.41, 5.74) is 3.79. The Morgan fingerprint density at radius 3 is 2.51 bits per heavy atom. The Bertz CT molecular complexity index is 1250. The van der Waals surface area contributed by atoms with Gasteiger partial charge in [0.25, 0.3) is 11.8 Å². The van der Waals surface area contributed by atoms with E-state index in [9.17, 15) is 27.6 Å². The van der Waals surface area contributed by atoms with E-state index in [0.29, 0.717) is 42.6 Å². The van der Waals surface area contributed by atoms with Crippen LogP contribution in [0.15, 0.2) is 53.6 Å². The number of allylic oxidation sites excluding steroid dienone is 1. The predicted molar refractivity (Wildman–Crippen MR) is 132 cm³/mol. The molecule has 196 valence electrons. The smallest absolute Gasteiger partial charge is 0.405 e. The number of ether oxygens (including phenoxy) is 1. The molecule has 4 rings (SSSR count). The summed E-state index contributed by atoms with van der Waals surface area (Å²) in [6.45, 7) is 4.19. The summed E-state index contributed by atoms with van der Waals surface area (Å²) in [6, 6.07) is 9.76. The molecule has 2 aromatic carbocycles. The van der Waals surface area contributed by atoms with Crippen molar-refractivity contribution in [1.29, 1.82) is 0 Å². The third kappa shape index (κ3) is 6.03. The zero-order valence-corrected chi connectivity index (χ0v) is 20.8. The molecule has 0 radical (unpaired) electrons. The largest absolute Gasteiger partial charge is 0.573 e. The molecule has 2 amide bonds. The fourth-order valence-corrected chi connectivity index (χ4v) is 4.80. The number of anilines is 1. The number of carbonyl (C=O) groups excluding carboxylic acids is 3. The molecule has 0 saturated heterocycles. The van der Waals surface area contributed by atoms with E-state index >= 15 is 0 Å². The number of nitrogens with zero attached hydrogens (tertiary/aromatic N) is 1. The molecule has 1 atom stereocenters. The van der Waals surface area contributed by atoms with Gasteiger partial charge in [-0.1, -0.05) is 30.2 Å². The van der Waals surface area contributed by atoms with Crippen LogP contribution in [-0.2, 0) is 11.3 Å². The van der Waals surface area contributed by atoms with Crippen LogP contribution in [0.1, 0.15) is 78.7 Å². The number of fused-ring (bicyclic) bond motifs is 1. The molecule has 1 aliphatic carbocycles. The van der Waals surface area contributed by atoms with Crippen molar-refractivity contribution in [2.75, 3.05) is 5.32 Å². The average molecular weight is 515 g/mol.